The van der Waals surface area contributed by atoms with Crippen molar-refractivity contribution in [3.8, 4) is 0 Å². The molecule has 1 aromatic rings. The van der Waals surface area contributed by atoms with Crippen molar-refractivity contribution in [1.82, 2.24) is 20.9 Å². The minimum atomic E-state index is -0.199. The number of rotatable bonds is 5. The third-order valence-corrected chi connectivity index (χ3v) is 6.79. The van der Waals surface area contributed by atoms with E-state index in [9.17, 15) is 9.59 Å². The highest BCUT2D eigenvalue weighted by Crippen LogP contribution is 2.33. The lowest BCUT2D eigenvalue weighted by molar-refractivity contribution is -0.125. The molecule has 3 rings (SSSR count). The van der Waals surface area contributed by atoms with Gasteiger partial charge < -0.3 is 20.9 Å². The van der Waals surface area contributed by atoms with Gasteiger partial charge in [0.25, 0.3) is 0 Å². The molecular formula is C23H34BClN4O2. The molecule has 1 aliphatic heterocycles. The van der Waals surface area contributed by atoms with Crippen molar-refractivity contribution in [3.05, 3.63) is 34.9 Å². The number of carbonyl (C=O) groups is 2. The third kappa shape index (κ3) is 7.14. The number of likely N-dealkylation sites (tertiary alicyclic amines) is 1. The average molecular weight is 445 g/mol. The SMILES string of the molecule is [B]CNC(=O)NC1CCCCC(NC(=O)C2CN(C)CC2c2ccc(Cl)cc2)CCC1. The summed E-state index contributed by atoms with van der Waals surface area (Å²) < 4.78 is 0. The van der Waals surface area contributed by atoms with Crippen LogP contribution in [0.4, 0.5) is 4.79 Å². The molecular weight excluding hydrogens is 411 g/mol. The van der Waals surface area contributed by atoms with Crippen LogP contribution in [0.25, 0.3) is 0 Å². The van der Waals surface area contributed by atoms with Crippen LogP contribution in [0, 0.1) is 5.92 Å². The molecule has 6 nitrogen and oxygen atoms in total. The van der Waals surface area contributed by atoms with Gasteiger partial charge in [-0.2, -0.15) is 0 Å². The second kappa shape index (κ2) is 11.8. The quantitative estimate of drug-likeness (QED) is 0.611. The number of carbonyl (C=O) groups excluding carboxylic acids is 2. The Balaban J connectivity index is 1.55. The van der Waals surface area contributed by atoms with Gasteiger partial charge in [0.05, 0.1) is 13.8 Å². The number of benzene rings is 1. The highest BCUT2D eigenvalue weighted by Gasteiger charge is 2.37. The largest absolute Gasteiger partial charge is 0.353 e. The van der Waals surface area contributed by atoms with Gasteiger partial charge in [-0.1, -0.05) is 36.6 Å². The predicted octanol–water partition coefficient (Wildman–Crippen LogP) is 3.01. The van der Waals surface area contributed by atoms with Gasteiger partial charge in [-0.15, -0.1) is 0 Å². The van der Waals surface area contributed by atoms with Crippen LogP contribution in [-0.2, 0) is 4.79 Å². The van der Waals surface area contributed by atoms with Crippen molar-refractivity contribution in [1.29, 1.82) is 0 Å². The Morgan fingerprint density at radius 2 is 1.61 bits per heavy atom. The van der Waals surface area contributed by atoms with Crippen molar-refractivity contribution in [2.45, 2.75) is 62.9 Å². The Labute approximate surface area is 192 Å². The highest BCUT2D eigenvalue weighted by atomic mass is 35.5. The topological polar surface area (TPSA) is 73.5 Å². The third-order valence-electron chi connectivity index (χ3n) is 6.54. The zero-order valence-electron chi connectivity index (χ0n) is 18.4. The van der Waals surface area contributed by atoms with Gasteiger partial charge in [-0.3, -0.25) is 4.79 Å². The molecule has 31 heavy (non-hydrogen) atoms. The van der Waals surface area contributed by atoms with Crippen LogP contribution in [-0.4, -0.2) is 63.3 Å². The van der Waals surface area contributed by atoms with E-state index in [1.54, 1.807) is 0 Å². The number of amides is 3. The molecule has 1 heterocycles. The van der Waals surface area contributed by atoms with Gasteiger partial charge in [0.2, 0.25) is 5.91 Å². The molecule has 1 aromatic carbocycles. The minimum Gasteiger partial charge on any atom is -0.353 e. The lowest BCUT2D eigenvalue weighted by atomic mass is 9.88. The monoisotopic (exact) mass is 444 g/mol. The molecule has 2 radical (unpaired) electrons. The van der Waals surface area contributed by atoms with Crippen LogP contribution in [0.15, 0.2) is 24.3 Å². The molecule has 4 unspecified atom stereocenters. The summed E-state index contributed by atoms with van der Waals surface area (Å²) in [5.74, 6) is 0.298. The van der Waals surface area contributed by atoms with Crippen LogP contribution in [0.3, 0.4) is 0 Å². The predicted molar refractivity (Wildman–Crippen MR) is 126 cm³/mol. The fourth-order valence-electron chi connectivity index (χ4n) is 4.92. The second-order valence-electron chi connectivity index (χ2n) is 8.96. The number of nitrogens with one attached hydrogen (secondary N) is 3. The van der Waals surface area contributed by atoms with E-state index in [0.717, 1.165) is 63.1 Å². The Morgan fingerprint density at radius 1 is 1.00 bits per heavy atom. The minimum absolute atomic E-state index is 0.0480. The highest BCUT2D eigenvalue weighted by molar-refractivity contribution is 6.30. The maximum Gasteiger partial charge on any atom is 0.314 e. The molecule has 4 atom stereocenters. The first kappa shape index (κ1) is 23.9. The number of nitrogens with zero attached hydrogens (tertiary/aromatic N) is 1. The molecule has 1 saturated carbocycles. The van der Waals surface area contributed by atoms with E-state index in [2.05, 4.69) is 27.9 Å². The van der Waals surface area contributed by atoms with E-state index in [4.69, 9.17) is 19.4 Å². The first-order chi connectivity index (χ1) is 15.0. The van der Waals surface area contributed by atoms with E-state index in [1.165, 1.54) is 5.56 Å². The van der Waals surface area contributed by atoms with Gasteiger partial charge in [0, 0.05) is 36.1 Å². The summed E-state index contributed by atoms with van der Waals surface area (Å²) in [5.41, 5.74) is 1.17. The van der Waals surface area contributed by atoms with E-state index >= 15 is 0 Å². The molecule has 3 N–H and O–H groups in total. The summed E-state index contributed by atoms with van der Waals surface area (Å²) in [6.07, 6.45) is 7.02. The number of hydrogen-bond donors (Lipinski definition) is 3. The molecule has 1 saturated heterocycles. The van der Waals surface area contributed by atoms with Crippen molar-refractivity contribution >= 4 is 31.4 Å². The van der Waals surface area contributed by atoms with E-state index in [0.29, 0.717) is 0 Å². The summed E-state index contributed by atoms with van der Waals surface area (Å²) in [5, 5.41) is 9.68. The molecule has 0 spiro atoms. The maximum atomic E-state index is 13.2. The smallest absolute Gasteiger partial charge is 0.314 e. The molecule has 2 fully saturated rings. The van der Waals surface area contributed by atoms with Crippen LogP contribution in [0.5, 0.6) is 0 Å². The van der Waals surface area contributed by atoms with Crippen LogP contribution in [0.1, 0.15) is 56.4 Å². The van der Waals surface area contributed by atoms with Gasteiger partial charge in [0.1, 0.15) is 0 Å². The van der Waals surface area contributed by atoms with Crippen molar-refractivity contribution in [2.24, 2.45) is 5.92 Å². The standard InChI is InChI=1S/C23H34BClN4O2/c1-29-13-20(16-9-11-17(25)12-10-16)21(14-29)22(30)27-18-5-2-3-6-19(8-4-7-18)28-23(31)26-15-24/h9-12,18-21H,2-8,13-15H2,1H3,(H,27,30)(H2,26,28,31). The first-order valence-corrected chi connectivity index (χ1v) is 11.8. The molecule has 8 heteroatoms. The van der Waals surface area contributed by atoms with Crippen LogP contribution < -0.4 is 16.0 Å². The van der Waals surface area contributed by atoms with Crippen molar-refractivity contribution < 1.29 is 9.59 Å². The Morgan fingerprint density at radius 3 is 2.26 bits per heavy atom. The molecule has 0 aromatic heterocycles. The fraction of sp³-hybridized carbons (Fsp3) is 0.652. The fourth-order valence-corrected chi connectivity index (χ4v) is 5.05. The zero-order chi connectivity index (χ0) is 22.2. The van der Waals surface area contributed by atoms with Crippen molar-refractivity contribution in [2.75, 3.05) is 26.6 Å². The van der Waals surface area contributed by atoms with E-state index in [1.807, 2.05) is 24.3 Å². The van der Waals surface area contributed by atoms with Crippen molar-refractivity contribution in [3.63, 3.8) is 0 Å². The number of urea groups is 1. The number of likely N-dealkylation sites (N-methyl/N-ethyl adjacent to an activating group) is 1. The molecule has 1 aliphatic carbocycles. The molecule has 2 aliphatic rings. The van der Waals surface area contributed by atoms with Crippen LogP contribution in [0.2, 0.25) is 5.02 Å². The van der Waals surface area contributed by atoms with Gasteiger partial charge in [-0.25, -0.2) is 4.79 Å². The number of hydrogen-bond acceptors (Lipinski definition) is 3. The summed E-state index contributed by atoms with van der Waals surface area (Å²) >= 11 is 6.05. The molecule has 168 valence electrons. The zero-order valence-corrected chi connectivity index (χ0v) is 19.2. The van der Waals surface area contributed by atoms with Gasteiger partial charge in [0.15, 0.2) is 0 Å². The number of halogens is 1. The van der Waals surface area contributed by atoms with E-state index in [-0.39, 0.29) is 42.3 Å². The summed E-state index contributed by atoms with van der Waals surface area (Å²) in [7, 11) is 7.45. The van der Waals surface area contributed by atoms with Gasteiger partial charge in [-0.05, 0) is 63.3 Å². The second-order valence-corrected chi connectivity index (χ2v) is 9.39. The van der Waals surface area contributed by atoms with Crippen LogP contribution >= 0.6 is 11.6 Å². The Hall–Kier alpha value is -1.73. The Kier molecular flexibility index (Phi) is 9.08. The Bertz CT molecular complexity index is 733. The maximum absolute atomic E-state index is 13.2. The average Bonchev–Trinajstić information content (AvgIpc) is 3.16. The first-order valence-electron chi connectivity index (χ1n) is 11.4. The lowest BCUT2D eigenvalue weighted by Gasteiger charge is -2.23. The molecule has 3 amide bonds. The summed E-state index contributed by atoms with van der Waals surface area (Å²) in [6, 6.07) is 8.05. The lowest BCUT2D eigenvalue weighted by Crippen LogP contribution is -2.42. The summed E-state index contributed by atoms with van der Waals surface area (Å²) in [4.78, 5) is 27.2. The summed E-state index contributed by atoms with van der Waals surface area (Å²) in [6.45, 7) is 1.65. The van der Waals surface area contributed by atoms with Gasteiger partial charge >= 0.3 is 6.03 Å². The normalized spacial score (nSPS) is 27.5. The molecule has 0 bridgehead atoms. The van der Waals surface area contributed by atoms with E-state index < -0.39 is 0 Å².